The number of esters is 2. The van der Waals surface area contributed by atoms with Crippen LogP contribution in [0.25, 0.3) is 11.1 Å². The van der Waals surface area contributed by atoms with Crippen LogP contribution in [0, 0.1) is 11.8 Å². The lowest BCUT2D eigenvalue weighted by Crippen LogP contribution is -2.41. The topological polar surface area (TPSA) is 97.4 Å². The highest BCUT2D eigenvalue weighted by Gasteiger charge is 2.82. The second-order valence-electron chi connectivity index (χ2n) is 11.3. The van der Waals surface area contributed by atoms with Crippen molar-refractivity contribution in [2.75, 3.05) is 13.6 Å². The van der Waals surface area contributed by atoms with Gasteiger partial charge in [-0.15, -0.1) is 0 Å². The van der Waals surface area contributed by atoms with Crippen molar-refractivity contribution >= 4 is 28.9 Å². The molecule has 1 saturated carbocycles. The van der Waals surface area contributed by atoms with Crippen LogP contribution >= 0.6 is 0 Å². The summed E-state index contributed by atoms with van der Waals surface area (Å²) in [6.45, 7) is 0.157. The van der Waals surface area contributed by atoms with Crippen LogP contribution in [0.15, 0.2) is 97.1 Å². The SMILES string of the molecule is O=C1OC(=O)[C@@H]2[C@@H]1[C@@]1(c3ccccc3)C(=O)[C@@]2(c2ccccc2)C(c2ccc3c(c2)OCO3)=C1c1ccc2c(c1)OCO2. The van der Waals surface area contributed by atoms with E-state index in [1.807, 2.05) is 97.1 Å². The Morgan fingerprint density at radius 2 is 0.930 bits per heavy atom. The number of allylic oxidation sites excluding steroid dienone is 2. The van der Waals surface area contributed by atoms with E-state index in [-0.39, 0.29) is 19.4 Å². The first-order chi connectivity index (χ1) is 21.1. The largest absolute Gasteiger partial charge is 0.454 e. The summed E-state index contributed by atoms with van der Waals surface area (Å²) in [6.07, 6.45) is 0. The molecule has 3 aliphatic heterocycles. The number of hydrogen-bond donors (Lipinski definition) is 0. The Hall–Kier alpha value is -5.37. The number of Topliss-reactive ketones (excluding diaryl/α,β-unsaturated/α-hetero) is 1. The maximum Gasteiger partial charge on any atom is 0.319 e. The first-order valence-electron chi connectivity index (χ1n) is 14.0. The average molecular weight is 571 g/mol. The molecule has 3 heterocycles. The van der Waals surface area contributed by atoms with Crippen molar-refractivity contribution in [1.82, 2.24) is 0 Å². The minimum absolute atomic E-state index is 0.0785. The van der Waals surface area contributed by atoms with Gasteiger partial charge in [-0.05, 0) is 57.7 Å². The Bertz CT molecular complexity index is 1790. The van der Waals surface area contributed by atoms with Gasteiger partial charge in [0, 0.05) is 0 Å². The number of cyclic esters (lactones) is 2. The van der Waals surface area contributed by atoms with Gasteiger partial charge in [-0.1, -0.05) is 72.8 Å². The van der Waals surface area contributed by atoms with Crippen LogP contribution < -0.4 is 18.9 Å². The van der Waals surface area contributed by atoms with Gasteiger partial charge in [-0.25, -0.2) is 0 Å². The highest BCUT2D eigenvalue weighted by molar-refractivity contribution is 6.34. The summed E-state index contributed by atoms with van der Waals surface area (Å²) < 4.78 is 28.2. The zero-order valence-electron chi connectivity index (χ0n) is 22.6. The molecule has 9 rings (SSSR count). The quantitative estimate of drug-likeness (QED) is 0.254. The third-order valence-corrected chi connectivity index (χ3v) is 9.51. The fraction of sp³-hybridized carbons (Fsp3) is 0.171. The van der Waals surface area contributed by atoms with Gasteiger partial charge in [0.05, 0.1) is 22.7 Å². The first-order valence-corrected chi connectivity index (χ1v) is 14.0. The van der Waals surface area contributed by atoms with E-state index in [2.05, 4.69) is 0 Å². The summed E-state index contributed by atoms with van der Waals surface area (Å²) in [6, 6.07) is 29.5. The zero-order chi connectivity index (χ0) is 28.9. The highest BCUT2D eigenvalue weighted by Crippen LogP contribution is 2.74. The maximum absolute atomic E-state index is 15.6. The van der Waals surface area contributed by atoms with E-state index < -0.39 is 34.6 Å². The van der Waals surface area contributed by atoms with Gasteiger partial charge in [-0.2, -0.15) is 0 Å². The molecule has 2 bridgehead atoms. The maximum atomic E-state index is 15.6. The van der Waals surface area contributed by atoms with Crippen molar-refractivity contribution in [2.45, 2.75) is 10.8 Å². The predicted octanol–water partition coefficient (Wildman–Crippen LogP) is 4.84. The third-order valence-electron chi connectivity index (χ3n) is 9.51. The summed E-state index contributed by atoms with van der Waals surface area (Å²) in [5, 5.41) is 0. The molecular weight excluding hydrogens is 548 g/mol. The average Bonchev–Trinajstić information content (AvgIpc) is 3.85. The molecule has 0 amide bonds. The number of fused-ring (bicyclic) bond motifs is 7. The Morgan fingerprint density at radius 1 is 0.512 bits per heavy atom. The third kappa shape index (κ3) is 2.83. The molecule has 4 aromatic rings. The molecule has 8 heteroatoms. The van der Waals surface area contributed by atoms with Crippen LogP contribution in [0.1, 0.15) is 22.3 Å². The van der Waals surface area contributed by atoms with Crippen molar-refractivity contribution in [2.24, 2.45) is 11.8 Å². The Kier molecular flexibility index (Phi) is 4.71. The molecule has 0 radical (unpaired) electrons. The Balaban J connectivity index is 1.49. The van der Waals surface area contributed by atoms with Crippen LogP contribution in [0.4, 0.5) is 0 Å². The number of benzene rings is 4. The molecule has 4 atom stereocenters. The molecule has 0 unspecified atom stereocenters. The van der Waals surface area contributed by atoms with Crippen LogP contribution in [0.3, 0.4) is 0 Å². The molecule has 2 aliphatic carbocycles. The van der Waals surface area contributed by atoms with Crippen molar-refractivity contribution < 1.29 is 38.1 Å². The minimum Gasteiger partial charge on any atom is -0.454 e. The molecule has 0 spiro atoms. The van der Waals surface area contributed by atoms with Crippen LogP contribution in [-0.4, -0.2) is 31.3 Å². The monoisotopic (exact) mass is 570 g/mol. The number of carbonyl (C=O) groups is 3. The van der Waals surface area contributed by atoms with E-state index in [0.29, 0.717) is 56.4 Å². The van der Waals surface area contributed by atoms with Gasteiger partial charge >= 0.3 is 11.9 Å². The van der Waals surface area contributed by atoms with E-state index in [1.54, 1.807) is 0 Å². The van der Waals surface area contributed by atoms with Gasteiger partial charge in [0.2, 0.25) is 13.6 Å². The van der Waals surface area contributed by atoms with Gasteiger partial charge in [0.1, 0.15) is 0 Å². The van der Waals surface area contributed by atoms with Crippen molar-refractivity contribution in [3.8, 4) is 23.0 Å². The second kappa shape index (κ2) is 8.35. The standard InChI is InChI=1S/C35H22O8/c36-31-29-30(32(37)43-31)35(22-9-5-2-6-10-22)28(20-12-14-24-26(16-20)42-18-40-24)27(19-11-13-23-25(15-19)41-17-39-23)34(29,33(35)38)21-7-3-1-4-8-21/h1-16,29-30H,17-18H2/t29-,30-,34-,35-/m0/s1. The molecule has 1 saturated heterocycles. The van der Waals surface area contributed by atoms with Crippen LogP contribution in [-0.2, 0) is 30.0 Å². The van der Waals surface area contributed by atoms with Gasteiger partial charge in [0.15, 0.2) is 28.8 Å². The number of ether oxygens (including phenoxy) is 5. The van der Waals surface area contributed by atoms with Crippen LogP contribution in [0.5, 0.6) is 23.0 Å². The van der Waals surface area contributed by atoms with E-state index in [9.17, 15) is 9.59 Å². The fourth-order valence-electron chi connectivity index (χ4n) is 8.04. The lowest BCUT2D eigenvalue weighted by atomic mass is 9.59. The van der Waals surface area contributed by atoms with E-state index in [1.165, 1.54) is 0 Å². The van der Waals surface area contributed by atoms with Gasteiger partial charge in [0.25, 0.3) is 0 Å². The number of rotatable bonds is 4. The minimum atomic E-state index is -1.54. The zero-order valence-corrected chi connectivity index (χ0v) is 22.6. The van der Waals surface area contributed by atoms with Gasteiger partial charge in [-0.3, -0.25) is 14.4 Å². The molecule has 210 valence electrons. The van der Waals surface area contributed by atoms with Crippen molar-refractivity contribution in [3.63, 3.8) is 0 Å². The number of ketones is 1. The summed E-state index contributed by atoms with van der Waals surface area (Å²) in [5.41, 5.74) is 0.755. The Labute approximate surface area is 245 Å². The van der Waals surface area contributed by atoms with Gasteiger partial charge < -0.3 is 23.7 Å². The van der Waals surface area contributed by atoms with E-state index in [4.69, 9.17) is 23.7 Å². The Morgan fingerprint density at radius 3 is 1.37 bits per heavy atom. The lowest BCUT2D eigenvalue weighted by molar-refractivity contribution is -0.156. The van der Waals surface area contributed by atoms with E-state index in [0.717, 1.165) is 0 Å². The summed E-state index contributed by atoms with van der Waals surface area (Å²) in [4.78, 5) is 43.3. The van der Waals surface area contributed by atoms with Crippen molar-refractivity contribution in [3.05, 3.63) is 119 Å². The summed E-state index contributed by atoms with van der Waals surface area (Å²) in [5.74, 6) is -1.56. The molecule has 4 aromatic carbocycles. The molecule has 43 heavy (non-hydrogen) atoms. The highest BCUT2D eigenvalue weighted by atomic mass is 16.7. The molecule has 8 nitrogen and oxygen atoms in total. The lowest BCUT2D eigenvalue weighted by Gasteiger charge is -2.38. The second-order valence-corrected chi connectivity index (χ2v) is 11.3. The number of carbonyl (C=O) groups excluding carboxylic acids is 3. The molecule has 2 fully saturated rings. The molecular formula is C35H22O8. The molecule has 0 N–H and O–H groups in total. The van der Waals surface area contributed by atoms with E-state index >= 15 is 4.79 Å². The first kappa shape index (κ1) is 24.2. The summed E-state index contributed by atoms with van der Waals surface area (Å²) in [7, 11) is 0. The molecule has 0 aromatic heterocycles. The summed E-state index contributed by atoms with van der Waals surface area (Å²) >= 11 is 0. The predicted molar refractivity (Wildman–Crippen MR) is 151 cm³/mol. The van der Waals surface area contributed by atoms with Crippen LogP contribution in [0.2, 0.25) is 0 Å². The molecule has 5 aliphatic rings. The number of hydrogen-bond acceptors (Lipinski definition) is 8. The smallest absolute Gasteiger partial charge is 0.319 e. The fourth-order valence-corrected chi connectivity index (χ4v) is 8.04. The normalized spacial score (nSPS) is 27.6. The van der Waals surface area contributed by atoms with Crippen molar-refractivity contribution in [1.29, 1.82) is 0 Å².